The summed E-state index contributed by atoms with van der Waals surface area (Å²) in [4.78, 5) is 4.56. The first-order chi connectivity index (χ1) is 10.1. The van der Waals surface area contributed by atoms with Gasteiger partial charge >= 0.3 is 0 Å². The molecule has 108 valence electrons. The van der Waals surface area contributed by atoms with Crippen molar-refractivity contribution in [2.45, 2.75) is 19.9 Å². The molecule has 0 saturated heterocycles. The van der Waals surface area contributed by atoms with Crippen molar-refractivity contribution in [1.82, 2.24) is 9.55 Å². The van der Waals surface area contributed by atoms with Crippen molar-refractivity contribution in [3.05, 3.63) is 42.2 Å². The number of fused-ring (bicyclic) bond motifs is 1. The second-order valence-electron chi connectivity index (χ2n) is 4.99. The molecule has 0 aliphatic heterocycles. The van der Waals surface area contributed by atoms with Crippen LogP contribution in [0, 0.1) is 5.82 Å². The molecule has 0 spiro atoms. The van der Waals surface area contributed by atoms with Gasteiger partial charge in [0.2, 0.25) is 0 Å². The van der Waals surface area contributed by atoms with Gasteiger partial charge in [-0.2, -0.15) is 0 Å². The van der Waals surface area contributed by atoms with Gasteiger partial charge in [-0.3, -0.25) is 0 Å². The number of imidazole rings is 1. The molecule has 0 aliphatic rings. The van der Waals surface area contributed by atoms with Gasteiger partial charge in [-0.15, -0.1) is 0 Å². The van der Waals surface area contributed by atoms with Gasteiger partial charge in [-0.25, -0.2) is 9.37 Å². The van der Waals surface area contributed by atoms with Crippen LogP contribution < -0.4 is 5.73 Å². The number of hydrogen-bond acceptors (Lipinski definition) is 3. The molecule has 3 aromatic rings. The topological polar surface area (TPSA) is 64.1 Å². The van der Waals surface area contributed by atoms with E-state index in [2.05, 4.69) is 11.9 Å². The molecule has 2 aromatic carbocycles. The Morgan fingerprint density at radius 3 is 2.76 bits per heavy atom. The number of phenolic OH excluding ortho intramolecular Hbond substituents is 1. The highest BCUT2D eigenvalue weighted by Crippen LogP contribution is 2.30. The van der Waals surface area contributed by atoms with E-state index in [1.807, 2.05) is 4.57 Å². The van der Waals surface area contributed by atoms with Crippen molar-refractivity contribution in [3.63, 3.8) is 0 Å². The van der Waals surface area contributed by atoms with E-state index in [1.54, 1.807) is 24.3 Å². The number of hydrogen-bond donors (Lipinski definition) is 2. The fraction of sp³-hybridized carbons (Fsp3) is 0.188. The van der Waals surface area contributed by atoms with Gasteiger partial charge in [0.05, 0.1) is 16.7 Å². The summed E-state index contributed by atoms with van der Waals surface area (Å²) >= 11 is 0. The number of rotatable bonds is 3. The Balaban J connectivity index is 2.25. The van der Waals surface area contributed by atoms with Crippen molar-refractivity contribution in [1.29, 1.82) is 0 Å². The van der Waals surface area contributed by atoms with E-state index in [-0.39, 0.29) is 11.6 Å². The summed E-state index contributed by atoms with van der Waals surface area (Å²) in [5, 5.41) is 9.78. The van der Waals surface area contributed by atoms with Gasteiger partial charge in [-0.1, -0.05) is 6.92 Å². The van der Waals surface area contributed by atoms with Crippen molar-refractivity contribution >= 4 is 16.7 Å². The van der Waals surface area contributed by atoms with Crippen molar-refractivity contribution in [2.24, 2.45) is 0 Å². The van der Waals surface area contributed by atoms with Crippen LogP contribution in [0.4, 0.5) is 10.1 Å². The fourth-order valence-electron chi connectivity index (χ4n) is 2.45. The zero-order chi connectivity index (χ0) is 15.0. The third-order valence-electron chi connectivity index (χ3n) is 3.45. The van der Waals surface area contributed by atoms with Gasteiger partial charge in [-0.05, 0) is 42.8 Å². The Morgan fingerprint density at radius 1 is 1.24 bits per heavy atom. The number of nitrogen functional groups attached to an aromatic ring is 1. The van der Waals surface area contributed by atoms with Crippen LogP contribution in [0.3, 0.4) is 0 Å². The predicted octanol–water partition coefficient (Wildman–Crippen LogP) is 3.54. The van der Waals surface area contributed by atoms with E-state index in [1.165, 1.54) is 12.1 Å². The highest BCUT2D eigenvalue weighted by molar-refractivity contribution is 5.81. The summed E-state index contributed by atoms with van der Waals surface area (Å²) in [5.41, 5.74) is 8.20. The second-order valence-corrected chi connectivity index (χ2v) is 4.99. The Kier molecular flexibility index (Phi) is 3.25. The Labute approximate surface area is 121 Å². The number of aromatic nitrogens is 2. The van der Waals surface area contributed by atoms with Crippen molar-refractivity contribution in [3.8, 4) is 17.1 Å². The van der Waals surface area contributed by atoms with Gasteiger partial charge in [0, 0.05) is 12.1 Å². The molecule has 0 atom stereocenters. The van der Waals surface area contributed by atoms with Gasteiger partial charge < -0.3 is 15.4 Å². The SMILES string of the molecule is CCCn1c(-c2ccc(N)c(O)c2)nc2ccc(F)cc21. The highest BCUT2D eigenvalue weighted by Gasteiger charge is 2.13. The number of nitrogens with two attached hydrogens (primary N) is 1. The lowest BCUT2D eigenvalue weighted by molar-refractivity contribution is 0.478. The Morgan fingerprint density at radius 2 is 2.05 bits per heavy atom. The summed E-state index contributed by atoms with van der Waals surface area (Å²) in [6.07, 6.45) is 0.899. The normalized spacial score (nSPS) is 11.1. The van der Waals surface area contributed by atoms with E-state index < -0.39 is 0 Å². The third kappa shape index (κ3) is 2.31. The van der Waals surface area contributed by atoms with E-state index in [4.69, 9.17) is 5.73 Å². The first-order valence-corrected chi connectivity index (χ1v) is 6.85. The number of benzene rings is 2. The van der Waals surface area contributed by atoms with Crippen molar-refractivity contribution in [2.75, 3.05) is 5.73 Å². The molecule has 1 aromatic heterocycles. The maximum absolute atomic E-state index is 13.5. The van der Waals surface area contributed by atoms with E-state index in [9.17, 15) is 9.50 Å². The standard InChI is InChI=1S/C16H16FN3O/c1-2-7-20-14-9-11(17)4-6-13(14)19-16(20)10-3-5-12(18)15(21)8-10/h3-6,8-9,21H,2,7,18H2,1H3. The molecule has 0 unspecified atom stereocenters. The lowest BCUT2D eigenvalue weighted by Gasteiger charge is -2.09. The first-order valence-electron chi connectivity index (χ1n) is 6.85. The fourth-order valence-corrected chi connectivity index (χ4v) is 2.45. The average Bonchev–Trinajstić information content (AvgIpc) is 2.81. The lowest BCUT2D eigenvalue weighted by Crippen LogP contribution is -2.00. The zero-order valence-corrected chi connectivity index (χ0v) is 11.7. The van der Waals surface area contributed by atoms with Gasteiger partial charge in [0.1, 0.15) is 17.4 Å². The number of halogens is 1. The molecule has 4 nitrogen and oxygen atoms in total. The van der Waals surface area contributed by atoms with Gasteiger partial charge in [0.15, 0.2) is 0 Å². The monoisotopic (exact) mass is 285 g/mol. The van der Waals surface area contributed by atoms with Crippen molar-refractivity contribution < 1.29 is 9.50 Å². The minimum atomic E-state index is -0.286. The maximum atomic E-state index is 13.5. The zero-order valence-electron chi connectivity index (χ0n) is 11.7. The average molecular weight is 285 g/mol. The molecule has 3 N–H and O–H groups in total. The molecule has 0 amide bonds. The summed E-state index contributed by atoms with van der Waals surface area (Å²) in [7, 11) is 0. The molecule has 0 saturated carbocycles. The summed E-state index contributed by atoms with van der Waals surface area (Å²) in [5.74, 6) is 0.438. The number of nitrogens with zero attached hydrogens (tertiary/aromatic N) is 2. The molecular formula is C16H16FN3O. The van der Waals surface area contributed by atoms with Crippen LogP contribution in [0.25, 0.3) is 22.4 Å². The molecule has 0 radical (unpaired) electrons. The van der Waals surface area contributed by atoms with E-state index in [0.717, 1.165) is 29.6 Å². The second kappa shape index (κ2) is 5.09. The molecule has 0 aliphatic carbocycles. The van der Waals surface area contributed by atoms with Gasteiger partial charge in [0.25, 0.3) is 0 Å². The smallest absolute Gasteiger partial charge is 0.141 e. The summed E-state index contributed by atoms with van der Waals surface area (Å²) in [6, 6.07) is 9.57. The minimum absolute atomic E-state index is 0.0220. The quantitative estimate of drug-likeness (QED) is 0.571. The van der Waals surface area contributed by atoms with Crippen LogP contribution in [0.1, 0.15) is 13.3 Å². The molecule has 3 rings (SSSR count). The maximum Gasteiger partial charge on any atom is 0.141 e. The number of aromatic hydroxyl groups is 1. The van der Waals surface area contributed by atoms with Crippen LogP contribution in [0.5, 0.6) is 5.75 Å². The molecule has 5 heteroatoms. The molecule has 0 bridgehead atoms. The molecular weight excluding hydrogens is 269 g/mol. The highest BCUT2D eigenvalue weighted by atomic mass is 19.1. The summed E-state index contributed by atoms with van der Waals surface area (Å²) < 4.78 is 15.4. The number of anilines is 1. The molecule has 1 heterocycles. The molecule has 21 heavy (non-hydrogen) atoms. The van der Waals surface area contributed by atoms with Crippen LogP contribution in [0.15, 0.2) is 36.4 Å². The number of phenols is 1. The van der Waals surface area contributed by atoms with Crippen LogP contribution in [-0.2, 0) is 6.54 Å². The molecule has 0 fully saturated rings. The largest absolute Gasteiger partial charge is 0.506 e. The predicted molar refractivity (Wildman–Crippen MR) is 81.5 cm³/mol. The van der Waals surface area contributed by atoms with E-state index in [0.29, 0.717) is 11.5 Å². The number of aryl methyl sites for hydroxylation is 1. The Hall–Kier alpha value is -2.56. The van der Waals surface area contributed by atoms with Crippen LogP contribution >= 0.6 is 0 Å². The van der Waals surface area contributed by atoms with Crippen LogP contribution in [0.2, 0.25) is 0 Å². The first kappa shape index (κ1) is 13.4. The minimum Gasteiger partial charge on any atom is -0.506 e. The third-order valence-corrected chi connectivity index (χ3v) is 3.45. The Bertz CT molecular complexity index is 811. The lowest BCUT2D eigenvalue weighted by atomic mass is 10.2. The summed E-state index contributed by atoms with van der Waals surface area (Å²) in [6.45, 7) is 2.77. The van der Waals surface area contributed by atoms with E-state index >= 15 is 0 Å². The van der Waals surface area contributed by atoms with Crippen LogP contribution in [-0.4, -0.2) is 14.7 Å².